The predicted octanol–water partition coefficient (Wildman–Crippen LogP) is 1.99. The molecule has 0 saturated carbocycles. The summed E-state index contributed by atoms with van der Waals surface area (Å²) in [6.45, 7) is 1.84. The fraction of sp³-hybridized carbons (Fsp3) is 0.350. The van der Waals surface area contributed by atoms with Crippen molar-refractivity contribution in [1.29, 1.82) is 0 Å². The minimum atomic E-state index is -3.58. The molecule has 0 radical (unpaired) electrons. The van der Waals surface area contributed by atoms with Gasteiger partial charge in [-0.2, -0.15) is 0 Å². The van der Waals surface area contributed by atoms with E-state index in [4.69, 9.17) is 0 Å². The molecule has 2 atom stereocenters. The van der Waals surface area contributed by atoms with Gasteiger partial charge in [0.25, 0.3) is 0 Å². The molecular formula is C20H23FN2O4S. The van der Waals surface area contributed by atoms with Gasteiger partial charge in [-0.1, -0.05) is 18.2 Å². The molecule has 2 aromatic carbocycles. The second-order valence-corrected chi connectivity index (χ2v) is 9.24. The molecule has 3 N–H and O–H groups in total. The highest BCUT2D eigenvalue weighted by Gasteiger charge is 2.35. The van der Waals surface area contributed by atoms with Gasteiger partial charge in [-0.05, 0) is 47.4 Å². The molecule has 2 aromatic rings. The van der Waals surface area contributed by atoms with Crippen molar-refractivity contribution < 1.29 is 23.0 Å². The summed E-state index contributed by atoms with van der Waals surface area (Å²) in [5.74, 6) is -0.665. The number of aliphatic hydroxyl groups is 2. The van der Waals surface area contributed by atoms with Crippen LogP contribution in [-0.4, -0.2) is 43.9 Å². The molecule has 150 valence electrons. The van der Waals surface area contributed by atoms with E-state index in [1.54, 1.807) is 25.4 Å². The molecule has 0 amide bonds. The van der Waals surface area contributed by atoms with Gasteiger partial charge in [-0.15, -0.1) is 0 Å². The maximum absolute atomic E-state index is 14.0. The number of benzene rings is 2. The third kappa shape index (κ3) is 4.09. The molecule has 0 saturated heterocycles. The number of hydrogen-bond acceptors (Lipinski definition) is 6. The van der Waals surface area contributed by atoms with Gasteiger partial charge in [0.15, 0.2) is 9.84 Å². The van der Waals surface area contributed by atoms with Crippen molar-refractivity contribution in [2.75, 3.05) is 12.8 Å². The van der Waals surface area contributed by atoms with Gasteiger partial charge in [0, 0.05) is 12.7 Å². The molecule has 0 fully saturated rings. The van der Waals surface area contributed by atoms with Crippen LogP contribution in [0.5, 0.6) is 0 Å². The number of rotatable bonds is 6. The molecule has 3 rings (SSSR count). The number of aliphatic hydroxyl groups excluding tert-OH is 2. The summed E-state index contributed by atoms with van der Waals surface area (Å²) in [6, 6.07) is 8.95. The van der Waals surface area contributed by atoms with E-state index in [9.17, 15) is 23.0 Å². The number of aliphatic imine (C=N–C) groups is 1. The van der Waals surface area contributed by atoms with Crippen LogP contribution < -0.4 is 5.32 Å². The van der Waals surface area contributed by atoms with Crippen LogP contribution in [0.2, 0.25) is 0 Å². The lowest BCUT2D eigenvalue weighted by Crippen LogP contribution is -2.42. The lowest BCUT2D eigenvalue weighted by Gasteiger charge is -2.31. The van der Waals surface area contributed by atoms with Gasteiger partial charge in [-0.25, -0.2) is 12.8 Å². The van der Waals surface area contributed by atoms with E-state index in [2.05, 4.69) is 10.3 Å². The lowest BCUT2D eigenvalue weighted by atomic mass is 9.83. The van der Waals surface area contributed by atoms with E-state index in [0.29, 0.717) is 29.7 Å². The summed E-state index contributed by atoms with van der Waals surface area (Å²) in [6.07, 6.45) is 2.48. The van der Waals surface area contributed by atoms with Gasteiger partial charge in [0.2, 0.25) is 0 Å². The van der Waals surface area contributed by atoms with Crippen LogP contribution >= 0.6 is 0 Å². The SMILES string of the molecule is CC(O)CC1(c2ccc(-c3cc(F)cc(S(C)(=O)=O)c3)c(CO)c2)CN=CN1. The van der Waals surface area contributed by atoms with Gasteiger partial charge in [-0.3, -0.25) is 4.99 Å². The number of halogens is 1. The Morgan fingerprint density at radius 1 is 1.29 bits per heavy atom. The van der Waals surface area contributed by atoms with Gasteiger partial charge in [0.05, 0.1) is 36.0 Å². The molecule has 1 aliphatic heterocycles. The molecule has 0 aliphatic carbocycles. The van der Waals surface area contributed by atoms with E-state index < -0.39 is 27.3 Å². The number of sulfone groups is 1. The molecule has 2 unspecified atom stereocenters. The molecule has 0 spiro atoms. The maximum Gasteiger partial charge on any atom is 0.175 e. The highest BCUT2D eigenvalue weighted by molar-refractivity contribution is 7.90. The summed E-state index contributed by atoms with van der Waals surface area (Å²) >= 11 is 0. The molecule has 8 heteroatoms. The fourth-order valence-electron chi connectivity index (χ4n) is 3.57. The Hall–Kier alpha value is -2.29. The Morgan fingerprint density at radius 3 is 2.61 bits per heavy atom. The summed E-state index contributed by atoms with van der Waals surface area (Å²) in [7, 11) is -3.58. The van der Waals surface area contributed by atoms with Gasteiger partial charge < -0.3 is 15.5 Å². The normalized spacial score (nSPS) is 20.2. The van der Waals surface area contributed by atoms with E-state index in [1.807, 2.05) is 6.07 Å². The second-order valence-electron chi connectivity index (χ2n) is 7.23. The van der Waals surface area contributed by atoms with Crippen molar-refractivity contribution in [1.82, 2.24) is 5.32 Å². The molecule has 0 bridgehead atoms. The van der Waals surface area contributed by atoms with Crippen molar-refractivity contribution in [2.24, 2.45) is 4.99 Å². The van der Waals surface area contributed by atoms with Crippen molar-refractivity contribution in [3.05, 3.63) is 53.3 Å². The maximum atomic E-state index is 14.0. The van der Waals surface area contributed by atoms with Crippen LogP contribution in [0.25, 0.3) is 11.1 Å². The summed E-state index contributed by atoms with van der Waals surface area (Å²) in [4.78, 5) is 4.11. The van der Waals surface area contributed by atoms with Crippen LogP contribution in [0.3, 0.4) is 0 Å². The Kier molecular flexibility index (Phi) is 5.56. The highest BCUT2D eigenvalue weighted by Crippen LogP contribution is 2.34. The topological polar surface area (TPSA) is 99.0 Å². The van der Waals surface area contributed by atoms with E-state index in [1.165, 1.54) is 12.1 Å². The number of hydrogen-bond donors (Lipinski definition) is 3. The van der Waals surface area contributed by atoms with Crippen LogP contribution in [0.4, 0.5) is 4.39 Å². The van der Waals surface area contributed by atoms with Crippen LogP contribution in [0.15, 0.2) is 46.3 Å². The van der Waals surface area contributed by atoms with Crippen molar-refractivity contribution in [3.8, 4) is 11.1 Å². The minimum absolute atomic E-state index is 0.119. The summed E-state index contributed by atoms with van der Waals surface area (Å²) in [5.41, 5.74) is 1.69. The van der Waals surface area contributed by atoms with Gasteiger partial charge >= 0.3 is 0 Å². The Balaban J connectivity index is 2.09. The smallest absolute Gasteiger partial charge is 0.175 e. The van der Waals surface area contributed by atoms with Crippen LogP contribution in [0.1, 0.15) is 24.5 Å². The zero-order valence-electron chi connectivity index (χ0n) is 15.7. The Morgan fingerprint density at radius 2 is 2.04 bits per heavy atom. The highest BCUT2D eigenvalue weighted by atomic mass is 32.2. The summed E-state index contributed by atoms with van der Waals surface area (Å²) in [5, 5.41) is 23.0. The van der Waals surface area contributed by atoms with E-state index >= 15 is 0 Å². The lowest BCUT2D eigenvalue weighted by molar-refractivity contribution is 0.146. The van der Waals surface area contributed by atoms with Gasteiger partial charge in [0.1, 0.15) is 5.82 Å². The molecule has 6 nitrogen and oxygen atoms in total. The van der Waals surface area contributed by atoms with Crippen LogP contribution in [-0.2, 0) is 22.0 Å². The van der Waals surface area contributed by atoms with E-state index in [-0.39, 0.29) is 11.5 Å². The molecule has 28 heavy (non-hydrogen) atoms. The molecule has 1 heterocycles. The predicted molar refractivity (Wildman–Crippen MR) is 105 cm³/mol. The zero-order valence-corrected chi connectivity index (χ0v) is 16.5. The first kappa shape index (κ1) is 20.4. The Labute approximate surface area is 163 Å². The first-order valence-corrected chi connectivity index (χ1v) is 10.7. The van der Waals surface area contributed by atoms with E-state index in [0.717, 1.165) is 17.9 Å². The fourth-order valence-corrected chi connectivity index (χ4v) is 4.24. The minimum Gasteiger partial charge on any atom is -0.393 e. The molecular weight excluding hydrogens is 383 g/mol. The number of nitrogens with one attached hydrogen (secondary N) is 1. The quantitative estimate of drug-likeness (QED) is 0.681. The monoisotopic (exact) mass is 406 g/mol. The molecule has 1 aliphatic rings. The third-order valence-electron chi connectivity index (χ3n) is 4.88. The molecule has 0 aromatic heterocycles. The second kappa shape index (κ2) is 7.62. The zero-order chi connectivity index (χ0) is 20.5. The number of nitrogens with zero attached hydrogens (tertiary/aromatic N) is 1. The van der Waals surface area contributed by atoms with Crippen molar-refractivity contribution in [2.45, 2.75) is 36.5 Å². The van der Waals surface area contributed by atoms with Crippen molar-refractivity contribution >= 4 is 16.2 Å². The largest absolute Gasteiger partial charge is 0.393 e. The first-order valence-electron chi connectivity index (χ1n) is 8.84. The summed E-state index contributed by atoms with van der Waals surface area (Å²) < 4.78 is 37.7. The average molecular weight is 406 g/mol. The standard InChI is InChI=1S/C20H23FN2O4S/c1-13(25)9-20(11-22-12-23-20)16-3-4-19(15(5-16)10-24)14-6-17(21)8-18(7-14)28(2,26)27/h3-8,12-13,24-25H,9-11H2,1-2H3,(H,22,23). The van der Waals surface area contributed by atoms with Crippen LogP contribution in [0, 0.1) is 5.82 Å². The van der Waals surface area contributed by atoms with Crippen molar-refractivity contribution in [3.63, 3.8) is 0 Å². The third-order valence-corrected chi connectivity index (χ3v) is 5.97. The Bertz CT molecular complexity index is 1010. The first-order chi connectivity index (χ1) is 13.1. The average Bonchev–Trinajstić information content (AvgIpc) is 3.08.